The van der Waals surface area contributed by atoms with Gasteiger partial charge in [-0.05, 0) is 12.8 Å². The number of rotatable bonds is 3. The lowest BCUT2D eigenvalue weighted by Crippen LogP contribution is -2.14. The molecule has 0 aromatic heterocycles. The Hall–Kier alpha value is -2.17. The van der Waals surface area contributed by atoms with Gasteiger partial charge in [-0.15, -0.1) is 0 Å². The van der Waals surface area contributed by atoms with Crippen molar-refractivity contribution < 1.29 is 42.5 Å². The monoisotopic (exact) mass is 325 g/mol. The smallest absolute Gasteiger partial charge is 0.449 e. The molecule has 21 heavy (non-hydrogen) atoms. The number of carbonyl (C=O) groups excluding carboxylic acids is 1. The molecule has 11 heteroatoms. The molecular formula is C10H15NO9S. The first-order valence-electron chi connectivity index (χ1n) is 5.74. The summed E-state index contributed by atoms with van der Waals surface area (Å²) in [6, 6.07) is 0. The van der Waals surface area contributed by atoms with Gasteiger partial charge in [0.1, 0.15) is 9.84 Å². The summed E-state index contributed by atoms with van der Waals surface area (Å²) < 4.78 is 28.4. The number of carbonyl (C=O) groups is 3. The average Bonchev–Trinajstić information content (AvgIpc) is 2.70. The van der Waals surface area contributed by atoms with Crippen LogP contribution in [-0.4, -0.2) is 54.3 Å². The number of hydrogen-bond acceptors (Lipinski definition) is 8. The Kier molecular flexibility index (Phi) is 7.97. The number of carboxylic acid groups (broad SMARTS) is 2. The van der Waals surface area contributed by atoms with Crippen LogP contribution in [0.15, 0.2) is 0 Å². The normalized spacial score (nSPS) is 15.2. The van der Waals surface area contributed by atoms with E-state index in [4.69, 9.17) is 15.6 Å². The van der Waals surface area contributed by atoms with Crippen molar-refractivity contribution in [1.82, 2.24) is 0 Å². The van der Waals surface area contributed by atoms with Crippen LogP contribution in [-0.2, 0) is 24.1 Å². The van der Waals surface area contributed by atoms with E-state index in [1.54, 1.807) is 0 Å². The second-order valence-electron chi connectivity index (χ2n) is 3.89. The van der Waals surface area contributed by atoms with Gasteiger partial charge in [-0.2, -0.15) is 0 Å². The third-order valence-electron chi connectivity index (χ3n) is 2.13. The van der Waals surface area contributed by atoms with E-state index >= 15 is 0 Å². The highest BCUT2D eigenvalue weighted by Gasteiger charge is 2.16. The van der Waals surface area contributed by atoms with Crippen molar-refractivity contribution >= 4 is 34.0 Å². The maximum Gasteiger partial charge on any atom is 0.513 e. The molecule has 0 aromatic carbocycles. The van der Waals surface area contributed by atoms with Crippen LogP contribution < -0.4 is 0 Å². The molecule has 0 spiro atoms. The number of esters is 1. The first-order valence-corrected chi connectivity index (χ1v) is 7.57. The van der Waals surface area contributed by atoms with Gasteiger partial charge in [0.2, 0.25) is 0 Å². The first kappa shape index (κ1) is 18.8. The Balaban J connectivity index is 0.000000471. The van der Waals surface area contributed by atoms with Gasteiger partial charge in [0.05, 0.1) is 17.9 Å². The zero-order valence-corrected chi connectivity index (χ0v) is 11.7. The molecule has 0 radical (unpaired) electrons. The van der Waals surface area contributed by atoms with E-state index in [1.807, 2.05) is 0 Å². The largest absolute Gasteiger partial charge is 0.513 e. The van der Waals surface area contributed by atoms with E-state index in [-0.39, 0.29) is 6.42 Å². The second kappa shape index (κ2) is 8.89. The van der Waals surface area contributed by atoms with Crippen molar-refractivity contribution in [2.24, 2.45) is 0 Å². The highest BCUT2D eigenvalue weighted by Crippen LogP contribution is 2.08. The summed E-state index contributed by atoms with van der Waals surface area (Å²) in [5, 5.41) is 22.8. The van der Waals surface area contributed by atoms with Crippen LogP contribution in [0, 0.1) is 5.41 Å². The van der Waals surface area contributed by atoms with Crippen LogP contribution in [0.3, 0.4) is 0 Å². The highest BCUT2D eigenvalue weighted by atomic mass is 32.2. The van der Waals surface area contributed by atoms with Crippen LogP contribution >= 0.6 is 0 Å². The van der Waals surface area contributed by atoms with Crippen molar-refractivity contribution in [2.75, 3.05) is 11.5 Å². The van der Waals surface area contributed by atoms with Gasteiger partial charge in [0, 0.05) is 6.42 Å². The lowest BCUT2D eigenvalue weighted by molar-refractivity contribution is -0.138. The summed E-state index contributed by atoms with van der Waals surface area (Å²) in [5.74, 6) is -0.879. The van der Waals surface area contributed by atoms with Crippen molar-refractivity contribution in [3.8, 4) is 0 Å². The molecule has 1 fully saturated rings. The fourth-order valence-corrected chi connectivity index (χ4v) is 2.76. The lowest BCUT2D eigenvalue weighted by Gasteiger charge is -2.00. The standard InChI is InChI=1S/C6H7NO7.C4H8O2S/c7-3(13-5(9)10)1-2-4(8)14-6(11)12;5-7(6)3-1-2-4-7/h7H,1-2H2,(H,9,10)(H,11,12);1-4H2. The zero-order chi connectivity index (χ0) is 16.5. The quantitative estimate of drug-likeness (QED) is 0.295. The minimum atomic E-state index is -2.55. The molecule has 0 aromatic rings. The Morgan fingerprint density at radius 1 is 0.952 bits per heavy atom. The Morgan fingerprint density at radius 2 is 1.43 bits per heavy atom. The number of sulfone groups is 1. The van der Waals surface area contributed by atoms with Gasteiger partial charge < -0.3 is 19.7 Å². The second-order valence-corrected chi connectivity index (χ2v) is 6.19. The summed E-state index contributed by atoms with van der Waals surface area (Å²) >= 11 is 0. The summed E-state index contributed by atoms with van der Waals surface area (Å²) in [6.45, 7) is 0. The molecule has 0 amide bonds. The fourth-order valence-electron chi connectivity index (χ4n) is 1.27. The van der Waals surface area contributed by atoms with E-state index < -0.39 is 40.4 Å². The molecular weight excluding hydrogens is 310 g/mol. The highest BCUT2D eigenvalue weighted by molar-refractivity contribution is 7.91. The molecule has 1 heterocycles. The maximum absolute atomic E-state index is 10.5. The van der Waals surface area contributed by atoms with Gasteiger partial charge in [-0.1, -0.05) is 0 Å². The molecule has 0 saturated carbocycles. The molecule has 1 saturated heterocycles. The van der Waals surface area contributed by atoms with E-state index in [0.29, 0.717) is 11.5 Å². The van der Waals surface area contributed by atoms with Crippen LogP contribution in [0.5, 0.6) is 0 Å². The van der Waals surface area contributed by atoms with Crippen LogP contribution in [0.4, 0.5) is 9.59 Å². The predicted molar refractivity (Wildman–Crippen MR) is 68.1 cm³/mol. The van der Waals surface area contributed by atoms with Crippen LogP contribution in [0.2, 0.25) is 0 Å². The van der Waals surface area contributed by atoms with Gasteiger partial charge >= 0.3 is 18.3 Å². The van der Waals surface area contributed by atoms with E-state index in [1.165, 1.54) is 0 Å². The van der Waals surface area contributed by atoms with E-state index in [2.05, 4.69) is 9.47 Å². The van der Waals surface area contributed by atoms with Crippen molar-refractivity contribution in [1.29, 1.82) is 5.41 Å². The maximum atomic E-state index is 10.5. The van der Waals surface area contributed by atoms with E-state index in [9.17, 15) is 22.8 Å². The average molecular weight is 325 g/mol. The Labute approximate surface area is 120 Å². The van der Waals surface area contributed by atoms with Crippen LogP contribution in [0.25, 0.3) is 0 Å². The molecule has 120 valence electrons. The topological polar surface area (TPSA) is 168 Å². The van der Waals surface area contributed by atoms with Gasteiger partial charge in [-0.25, -0.2) is 18.0 Å². The molecule has 1 aliphatic rings. The van der Waals surface area contributed by atoms with Gasteiger partial charge in [-0.3, -0.25) is 10.2 Å². The third-order valence-corrected chi connectivity index (χ3v) is 3.95. The number of hydrogen-bond donors (Lipinski definition) is 3. The SMILES string of the molecule is N=C(CCC(=O)OC(=O)O)OC(=O)O.O=S1(=O)CCCC1. The minimum Gasteiger partial charge on any atom is -0.449 e. The molecule has 0 aliphatic carbocycles. The molecule has 10 nitrogen and oxygen atoms in total. The van der Waals surface area contributed by atoms with Crippen molar-refractivity contribution in [3.63, 3.8) is 0 Å². The fraction of sp³-hybridized carbons (Fsp3) is 0.600. The van der Waals surface area contributed by atoms with Gasteiger partial charge in [0.15, 0.2) is 5.90 Å². The molecule has 0 bridgehead atoms. The van der Waals surface area contributed by atoms with Crippen LogP contribution in [0.1, 0.15) is 25.7 Å². The van der Waals surface area contributed by atoms with E-state index in [0.717, 1.165) is 12.8 Å². The number of nitrogens with one attached hydrogen (secondary N) is 1. The summed E-state index contributed by atoms with van der Waals surface area (Å²) in [6.07, 6.45) is -2.43. The molecule has 0 atom stereocenters. The Bertz CT molecular complexity index is 471. The number of ether oxygens (including phenoxy) is 2. The predicted octanol–water partition coefficient (Wildman–Crippen LogP) is 0.855. The molecule has 0 unspecified atom stereocenters. The zero-order valence-electron chi connectivity index (χ0n) is 10.9. The summed E-state index contributed by atoms with van der Waals surface area (Å²) in [4.78, 5) is 30.2. The first-order chi connectivity index (χ1) is 9.62. The lowest BCUT2D eigenvalue weighted by atomic mass is 10.3. The Morgan fingerprint density at radius 3 is 1.76 bits per heavy atom. The molecule has 1 rings (SSSR count). The molecule has 3 N–H and O–H groups in total. The summed E-state index contributed by atoms with van der Waals surface area (Å²) in [7, 11) is -2.55. The van der Waals surface area contributed by atoms with Gasteiger partial charge in [0.25, 0.3) is 0 Å². The molecule has 1 aliphatic heterocycles. The van der Waals surface area contributed by atoms with Crippen molar-refractivity contribution in [3.05, 3.63) is 0 Å². The minimum absolute atomic E-state index is 0.335. The third kappa shape index (κ3) is 11.4. The summed E-state index contributed by atoms with van der Waals surface area (Å²) in [5.41, 5.74) is 0. The van der Waals surface area contributed by atoms with Crippen molar-refractivity contribution in [2.45, 2.75) is 25.7 Å².